The van der Waals surface area contributed by atoms with E-state index in [0.29, 0.717) is 12.0 Å². The molecule has 4 nitrogen and oxygen atoms in total. The van der Waals surface area contributed by atoms with Crippen molar-refractivity contribution >= 4 is 16.7 Å². The van der Waals surface area contributed by atoms with E-state index in [1.54, 1.807) is 0 Å². The number of aryl methyl sites for hydroxylation is 1. The molecule has 0 aliphatic heterocycles. The number of anilines is 1. The largest absolute Gasteiger partial charge is 0.357 e. The lowest BCUT2D eigenvalue weighted by Crippen LogP contribution is -2.36. The summed E-state index contributed by atoms with van der Waals surface area (Å²) in [5.74, 6) is 1.45. The van der Waals surface area contributed by atoms with Gasteiger partial charge in [-0.2, -0.15) is 4.37 Å². The molecule has 15 heavy (non-hydrogen) atoms. The lowest BCUT2D eigenvalue weighted by Gasteiger charge is -2.30. The molecule has 1 aromatic heterocycles. The van der Waals surface area contributed by atoms with E-state index in [0.717, 1.165) is 17.5 Å². The van der Waals surface area contributed by atoms with Gasteiger partial charge in [0.05, 0.1) is 0 Å². The van der Waals surface area contributed by atoms with Gasteiger partial charge in [-0.15, -0.1) is 0 Å². The second kappa shape index (κ2) is 4.90. The maximum atomic E-state index is 5.78. The van der Waals surface area contributed by atoms with Gasteiger partial charge in [0, 0.05) is 17.6 Å². The van der Waals surface area contributed by atoms with Gasteiger partial charge in [0.15, 0.2) is 0 Å². The van der Waals surface area contributed by atoms with Crippen LogP contribution in [-0.4, -0.2) is 21.9 Å². The highest BCUT2D eigenvalue weighted by atomic mass is 32.1. The minimum atomic E-state index is 0.496. The standard InChI is InChI=1S/C10H18N4S/c1-7-12-10(15-14-7)13-9-5-3-2-4-8(9)6-11/h8-9H,2-6,11H2,1H3,(H,12,13,14). The van der Waals surface area contributed by atoms with Crippen LogP contribution in [0.5, 0.6) is 0 Å². The molecule has 1 aliphatic carbocycles. The Balaban J connectivity index is 1.97. The van der Waals surface area contributed by atoms with Gasteiger partial charge in [-0.05, 0) is 32.2 Å². The third-order valence-corrected chi connectivity index (χ3v) is 3.79. The highest BCUT2D eigenvalue weighted by molar-refractivity contribution is 7.09. The molecule has 0 aromatic carbocycles. The Morgan fingerprint density at radius 3 is 2.93 bits per heavy atom. The zero-order chi connectivity index (χ0) is 10.7. The molecule has 1 fully saturated rings. The first kappa shape index (κ1) is 10.8. The van der Waals surface area contributed by atoms with E-state index in [2.05, 4.69) is 14.7 Å². The van der Waals surface area contributed by atoms with Crippen LogP contribution in [0.15, 0.2) is 0 Å². The minimum Gasteiger partial charge on any atom is -0.357 e. The summed E-state index contributed by atoms with van der Waals surface area (Å²) in [6.07, 6.45) is 5.06. The molecule has 2 rings (SSSR count). The van der Waals surface area contributed by atoms with Crippen LogP contribution in [0.4, 0.5) is 5.13 Å². The highest BCUT2D eigenvalue weighted by Gasteiger charge is 2.24. The van der Waals surface area contributed by atoms with Gasteiger partial charge in [0.2, 0.25) is 5.13 Å². The monoisotopic (exact) mass is 226 g/mol. The molecule has 2 atom stereocenters. The quantitative estimate of drug-likeness (QED) is 0.824. The molecule has 1 aromatic rings. The zero-order valence-corrected chi connectivity index (χ0v) is 9.89. The molecule has 1 aliphatic rings. The first-order valence-electron chi connectivity index (χ1n) is 5.56. The van der Waals surface area contributed by atoms with E-state index in [9.17, 15) is 0 Å². The molecule has 3 N–H and O–H groups in total. The van der Waals surface area contributed by atoms with Crippen LogP contribution in [0.1, 0.15) is 31.5 Å². The minimum absolute atomic E-state index is 0.496. The van der Waals surface area contributed by atoms with Gasteiger partial charge < -0.3 is 11.1 Å². The number of nitrogens with one attached hydrogen (secondary N) is 1. The molecule has 0 bridgehead atoms. The van der Waals surface area contributed by atoms with Crippen LogP contribution < -0.4 is 11.1 Å². The SMILES string of the molecule is Cc1nsc(NC2CCCCC2CN)n1. The van der Waals surface area contributed by atoms with Crippen LogP contribution >= 0.6 is 11.5 Å². The predicted molar refractivity (Wildman–Crippen MR) is 63.1 cm³/mol. The lowest BCUT2D eigenvalue weighted by atomic mass is 9.85. The molecule has 5 heteroatoms. The van der Waals surface area contributed by atoms with Crippen molar-refractivity contribution in [3.63, 3.8) is 0 Å². The number of nitrogens with two attached hydrogens (primary N) is 1. The number of hydrogen-bond acceptors (Lipinski definition) is 5. The normalized spacial score (nSPS) is 26.5. The Bertz CT molecular complexity index is 312. The van der Waals surface area contributed by atoms with Gasteiger partial charge in [-0.25, -0.2) is 4.98 Å². The summed E-state index contributed by atoms with van der Waals surface area (Å²) in [6.45, 7) is 2.69. The number of nitrogens with zero attached hydrogens (tertiary/aromatic N) is 2. The number of rotatable bonds is 3. The predicted octanol–water partition coefficient (Wildman–Crippen LogP) is 1.78. The summed E-state index contributed by atoms with van der Waals surface area (Å²) in [5.41, 5.74) is 5.78. The maximum Gasteiger partial charge on any atom is 0.202 e. The Hall–Kier alpha value is -0.680. The van der Waals surface area contributed by atoms with E-state index in [-0.39, 0.29) is 0 Å². The molecule has 1 heterocycles. The Kier molecular flexibility index (Phi) is 3.53. The summed E-state index contributed by atoms with van der Waals surface area (Å²) in [5, 5.41) is 4.41. The van der Waals surface area contributed by atoms with Crippen molar-refractivity contribution in [2.24, 2.45) is 11.7 Å². The van der Waals surface area contributed by atoms with Crippen LogP contribution in [0, 0.1) is 12.8 Å². The first-order valence-corrected chi connectivity index (χ1v) is 6.34. The Morgan fingerprint density at radius 2 is 2.27 bits per heavy atom. The summed E-state index contributed by atoms with van der Waals surface area (Å²) >= 11 is 1.44. The van der Waals surface area contributed by atoms with Gasteiger partial charge in [-0.3, -0.25) is 0 Å². The maximum absolute atomic E-state index is 5.78. The second-order valence-corrected chi connectivity index (χ2v) is 4.93. The third-order valence-electron chi connectivity index (χ3n) is 3.05. The molecule has 1 saturated carbocycles. The van der Waals surface area contributed by atoms with E-state index in [4.69, 9.17) is 5.73 Å². The lowest BCUT2D eigenvalue weighted by molar-refractivity contribution is 0.332. The van der Waals surface area contributed by atoms with E-state index < -0.39 is 0 Å². The Morgan fingerprint density at radius 1 is 1.47 bits per heavy atom. The van der Waals surface area contributed by atoms with Crippen molar-refractivity contribution in [1.29, 1.82) is 0 Å². The van der Waals surface area contributed by atoms with Crippen LogP contribution in [0.3, 0.4) is 0 Å². The molecule has 0 saturated heterocycles. The molecular formula is C10H18N4S. The second-order valence-electron chi connectivity index (χ2n) is 4.18. The summed E-state index contributed by atoms with van der Waals surface area (Å²) in [4.78, 5) is 4.33. The molecule has 84 valence electrons. The molecular weight excluding hydrogens is 208 g/mol. The highest BCUT2D eigenvalue weighted by Crippen LogP contribution is 2.26. The van der Waals surface area contributed by atoms with Crippen molar-refractivity contribution in [2.75, 3.05) is 11.9 Å². The molecule has 0 amide bonds. The average molecular weight is 226 g/mol. The van der Waals surface area contributed by atoms with Crippen molar-refractivity contribution in [1.82, 2.24) is 9.36 Å². The van der Waals surface area contributed by atoms with Gasteiger partial charge in [-0.1, -0.05) is 12.8 Å². The topological polar surface area (TPSA) is 63.8 Å². The zero-order valence-electron chi connectivity index (χ0n) is 9.07. The van der Waals surface area contributed by atoms with Crippen molar-refractivity contribution in [3.05, 3.63) is 5.82 Å². The number of aromatic nitrogens is 2. The fourth-order valence-corrected chi connectivity index (χ4v) is 2.83. The average Bonchev–Trinajstić information content (AvgIpc) is 2.65. The first-order chi connectivity index (χ1) is 7.29. The smallest absolute Gasteiger partial charge is 0.202 e. The van der Waals surface area contributed by atoms with E-state index >= 15 is 0 Å². The summed E-state index contributed by atoms with van der Waals surface area (Å²) in [7, 11) is 0. The fourth-order valence-electron chi connectivity index (χ4n) is 2.19. The van der Waals surface area contributed by atoms with Crippen molar-refractivity contribution in [3.8, 4) is 0 Å². The van der Waals surface area contributed by atoms with Crippen LogP contribution in [0.2, 0.25) is 0 Å². The van der Waals surface area contributed by atoms with Gasteiger partial charge in [0.25, 0.3) is 0 Å². The van der Waals surface area contributed by atoms with Crippen LogP contribution in [0.25, 0.3) is 0 Å². The molecule has 2 unspecified atom stereocenters. The molecule has 0 radical (unpaired) electrons. The number of hydrogen-bond donors (Lipinski definition) is 2. The Labute approximate surface area is 94.5 Å². The molecule has 0 spiro atoms. The fraction of sp³-hybridized carbons (Fsp3) is 0.800. The van der Waals surface area contributed by atoms with Gasteiger partial charge in [0.1, 0.15) is 5.82 Å². The van der Waals surface area contributed by atoms with Crippen LogP contribution in [-0.2, 0) is 0 Å². The van der Waals surface area contributed by atoms with E-state index in [1.807, 2.05) is 6.92 Å². The van der Waals surface area contributed by atoms with E-state index in [1.165, 1.54) is 37.2 Å². The van der Waals surface area contributed by atoms with Crippen molar-refractivity contribution < 1.29 is 0 Å². The third kappa shape index (κ3) is 2.66. The van der Waals surface area contributed by atoms with Crippen molar-refractivity contribution in [2.45, 2.75) is 38.6 Å². The van der Waals surface area contributed by atoms with Gasteiger partial charge >= 0.3 is 0 Å². The summed E-state index contributed by atoms with van der Waals surface area (Å²) in [6, 6.07) is 0.496. The summed E-state index contributed by atoms with van der Waals surface area (Å²) < 4.78 is 4.17.